The molecule has 1 aliphatic rings. The lowest BCUT2D eigenvalue weighted by atomic mass is 10.1. The lowest BCUT2D eigenvalue weighted by molar-refractivity contribution is -0.384. The Morgan fingerprint density at radius 3 is 2.30 bits per heavy atom. The van der Waals surface area contributed by atoms with Crippen LogP contribution in [-0.2, 0) is 4.79 Å². The molecule has 44 heavy (non-hydrogen) atoms. The largest absolute Gasteiger partial charge is 0.497 e. The average molecular weight is 648 g/mol. The van der Waals surface area contributed by atoms with Crippen LogP contribution in [0.2, 0.25) is 0 Å². The number of nitro benzene ring substituents is 1. The Morgan fingerprint density at radius 2 is 1.61 bits per heavy atom. The number of carbonyl (C=O) groups is 1. The minimum Gasteiger partial charge on any atom is -0.497 e. The molecule has 3 aromatic rings. The number of methoxy groups -OCH3 is 3. The summed E-state index contributed by atoms with van der Waals surface area (Å²) in [7, 11) is 6.83. The van der Waals surface area contributed by atoms with Gasteiger partial charge in [0.1, 0.15) is 29.2 Å². The van der Waals surface area contributed by atoms with Crippen LogP contribution in [0.3, 0.4) is 0 Å². The fourth-order valence-electron chi connectivity index (χ4n) is 4.73. The molecular formula is C31H38ClN3O8S. The standard InChI is InChI=1S/C31H37N3O8S.ClH/c1-21(35)33-26-18-22(34(36)37)8-13-30(26)43-31(33)25-19-23(38-3)9-11-27(25)42-16-7-6-14-32(2)15-17-41-24-10-12-28(39-4)29(20-24)40-5;/h8-13,18-20,31H,6-7,14-17H2,1-5H3;1H. The molecule has 0 fully saturated rings. The molecule has 0 spiro atoms. The zero-order chi connectivity index (χ0) is 30.9. The van der Waals surface area contributed by atoms with Gasteiger partial charge in [-0.3, -0.25) is 19.8 Å². The maximum atomic E-state index is 12.8. The number of ether oxygens (including phenoxy) is 5. The normalized spacial score (nSPS) is 13.6. The highest BCUT2D eigenvalue weighted by molar-refractivity contribution is 8.00. The van der Waals surface area contributed by atoms with Crippen LogP contribution in [0.5, 0.6) is 28.7 Å². The Balaban J connectivity index is 0.00000529. The van der Waals surface area contributed by atoms with Crippen molar-refractivity contribution in [1.82, 2.24) is 4.90 Å². The number of likely N-dealkylation sites (N-methyl/N-ethyl adjacent to an activating group) is 1. The van der Waals surface area contributed by atoms with E-state index in [9.17, 15) is 14.9 Å². The number of nitrogens with zero attached hydrogens (tertiary/aromatic N) is 3. The van der Waals surface area contributed by atoms with Gasteiger partial charge in [-0.2, -0.15) is 0 Å². The molecule has 0 N–H and O–H groups in total. The molecule has 3 aromatic carbocycles. The summed E-state index contributed by atoms with van der Waals surface area (Å²) in [5.74, 6) is 3.06. The van der Waals surface area contributed by atoms with Crippen LogP contribution in [-0.4, -0.2) is 70.4 Å². The quantitative estimate of drug-likeness (QED) is 0.105. The molecular weight excluding hydrogens is 610 g/mol. The van der Waals surface area contributed by atoms with E-state index in [0.29, 0.717) is 41.9 Å². The summed E-state index contributed by atoms with van der Waals surface area (Å²) in [6, 6.07) is 15.6. The van der Waals surface area contributed by atoms with Crippen LogP contribution in [0.25, 0.3) is 0 Å². The molecule has 0 aromatic heterocycles. The first kappa shape index (κ1) is 34.6. The molecule has 11 nitrogen and oxygen atoms in total. The Kier molecular flexibility index (Phi) is 12.8. The van der Waals surface area contributed by atoms with Crippen LogP contribution in [0.1, 0.15) is 30.7 Å². The van der Waals surface area contributed by atoms with Crippen molar-refractivity contribution in [1.29, 1.82) is 0 Å². The van der Waals surface area contributed by atoms with Crippen molar-refractivity contribution >= 4 is 41.5 Å². The van der Waals surface area contributed by atoms with Gasteiger partial charge in [-0.25, -0.2) is 0 Å². The van der Waals surface area contributed by atoms with Gasteiger partial charge in [-0.15, -0.1) is 12.4 Å². The number of hydrogen-bond donors (Lipinski definition) is 0. The minimum absolute atomic E-state index is 0. The highest BCUT2D eigenvalue weighted by Crippen LogP contribution is 2.54. The SMILES string of the molecule is COc1ccc(OCCCCN(C)CCOc2ccc(OC)c(OC)c2)c(C2Sc3ccc([N+](=O)[O-])cc3N2C(C)=O)c1.Cl. The average Bonchev–Trinajstić information content (AvgIpc) is 3.40. The van der Waals surface area contributed by atoms with Gasteiger partial charge in [0.05, 0.1) is 38.5 Å². The molecule has 238 valence electrons. The minimum atomic E-state index is -0.459. The number of thioether (sulfide) groups is 1. The van der Waals surface area contributed by atoms with Gasteiger partial charge in [0, 0.05) is 42.1 Å². The number of benzene rings is 3. The number of nitro groups is 1. The summed E-state index contributed by atoms with van der Waals surface area (Å²) in [4.78, 5) is 28.2. The second kappa shape index (κ2) is 16.3. The van der Waals surface area contributed by atoms with Gasteiger partial charge in [0.25, 0.3) is 5.69 Å². The molecule has 1 amide bonds. The van der Waals surface area contributed by atoms with E-state index < -0.39 is 10.3 Å². The predicted molar refractivity (Wildman–Crippen MR) is 172 cm³/mol. The number of amides is 1. The molecule has 0 bridgehead atoms. The van der Waals surface area contributed by atoms with Gasteiger partial charge in [0.2, 0.25) is 5.91 Å². The lowest BCUT2D eigenvalue weighted by Crippen LogP contribution is -2.28. The van der Waals surface area contributed by atoms with E-state index in [4.69, 9.17) is 23.7 Å². The fourth-order valence-corrected chi connectivity index (χ4v) is 6.07. The van der Waals surface area contributed by atoms with Crippen LogP contribution in [0.15, 0.2) is 59.5 Å². The maximum Gasteiger partial charge on any atom is 0.271 e. The third kappa shape index (κ3) is 8.40. The zero-order valence-corrected chi connectivity index (χ0v) is 27.1. The second-order valence-corrected chi connectivity index (χ2v) is 11.0. The lowest BCUT2D eigenvalue weighted by Gasteiger charge is -2.25. The van der Waals surface area contributed by atoms with Gasteiger partial charge in [0.15, 0.2) is 11.5 Å². The van der Waals surface area contributed by atoms with Crippen LogP contribution in [0, 0.1) is 10.1 Å². The van der Waals surface area contributed by atoms with E-state index in [0.717, 1.165) is 42.1 Å². The van der Waals surface area contributed by atoms with Crippen molar-refractivity contribution < 1.29 is 33.4 Å². The van der Waals surface area contributed by atoms with Crippen molar-refractivity contribution in [2.45, 2.75) is 30.0 Å². The van der Waals surface area contributed by atoms with Crippen LogP contribution >= 0.6 is 24.2 Å². The Bertz CT molecular complexity index is 1440. The zero-order valence-electron chi connectivity index (χ0n) is 25.4. The number of non-ortho nitro benzene ring substituents is 1. The second-order valence-electron chi connectivity index (χ2n) is 9.90. The van der Waals surface area contributed by atoms with Crippen molar-refractivity contribution in [2.75, 3.05) is 59.6 Å². The van der Waals surface area contributed by atoms with Crippen LogP contribution in [0.4, 0.5) is 11.4 Å². The monoisotopic (exact) mass is 647 g/mol. The van der Waals surface area contributed by atoms with Crippen molar-refractivity contribution in [3.8, 4) is 28.7 Å². The van der Waals surface area contributed by atoms with E-state index >= 15 is 0 Å². The number of rotatable bonds is 15. The number of fused-ring (bicyclic) bond motifs is 1. The Morgan fingerprint density at radius 1 is 0.886 bits per heavy atom. The topological polar surface area (TPSA) is 113 Å². The molecule has 1 atom stereocenters. The van der Waals surface area contributed by atoms with Gasteiger partial charge < -0.3 is 28.6 Å². The van der Waals surface area contributed by atoms with E-state index in [2.05, 4.69) is 11.9 Å². The molecule has 1 heterocycles. The van der Waals surface area contributed by atoms with Crippen molar-refractivity contribution in [3.63, 3.8) is 0 Å². The molecule has 0 saturated carbocycles. The number of anilines is 1. The summed E-state index contributed by atoms with van der Waals surface area (Å²) in [5, 5.41) is 10.9. The summed E-state index contributed by atoms with van der Waals surface area (Å²) in [6.45, 7) is 4.12. The number of halogens is 1. The molecule has 0 aliphatic carbocycles. The molecule has 1 aliphatic heterocycles. The first-order valence-electron chi connectivity index (χ1n) is 13.8. The van der Waals surface area contributed by atoms with Crippen LogP contribution < -0.4 is 28.6 Å². The fraction of sp³-hybridized carbons (Fsp3) is 0.387. The smallest absolute Gasteiger partial charge is 0.271 e. The molecule has 0 saturated heterocycles. The Hall–Kier alpha value is -3.87. The predicted octanol–water partition coefficient (Wildman–Crippen LogP) is 6.37. The third-order valence-corrected chi connectivity index (χ3v) is 8.28. The molecule has 1 unspecified atom stereocenters. The third-order valence-electron chi connectivity index (χ3n) is 7.00. The summed E-state index contributed by atoms with van der Waals surface area (Å²) < 4.78 is 28.1. The first-order chi connectivity index (χ1) is 20.7. The molecule has 4 rings (SSSR count). The highest BCUT2D eigenvalue weighted by atomic mass is 35.5. The van der Waals surface area contributed by atoms with E-state index in [1.165, 1.54) is 30.8 Å². The first-order valence-corrected chi connectivity index (χ1v) is 14.7. The summed E-state index contributed by atoms with van der Waals surface area (Å²) in [6.07, 6.45) is 1.75. The summed E-state index contributed by atoms with van der Waals surface area (Å²) >= 11 is 1.45. The van der Waals surface area contributed by atoms with Crippen molar-refractivity contribution in [2.24, 2.45) is 0 Å². The maximum absolute atomic E-state index is 12.8. The molecule has 0 radical (unpaired) electrons. The Labute approximate surface area is 267 Å². The van der Waals surface area contributed by atoms with E-state index in [1.54, 1.807) is 32.3 Å². The van der Waals surface area contributed by atoms with E-state index in [-0.39, 0.29) is 24.0 Å². The highest BCUT2D eigenvalue weighted by Gasteiger charge is 2.37. The summed E-state index contributed by atoms with van der Waals surface area (Å²) in [5.41, 5.74) is 1.22. The number of unbranched alkanes of at least 4 members (excludes halogenated alkanes) is 1. The van der Waals surface area contributed by atoms with Gasteiger partial charge >= 0.3 is 0 Å². The molecule has 13 heteroatoms. The number of carbonyl (C=O) groups excluding carboxylic acids is 1. The van der Waals surface area contributed by atoms with Gasteiger partial charge in [-0.05, 0) is 62.8 Å². The van der Waals surface area contributed by atoms with E-state index in [1.807, 2.05) is 36.4 Å². The number of hydrogen-bond acceptors (Lipinski definition) is 10. The van der Waals surface area contributed by atoms with Crippen molar-refractivity contribution in [3.05, 3.63) is 70.3 Å². The van der Waals surface area contributed by atoms with Gasteiger partial charge in [-0.1, -0.05) is 11.8 Å².